The monoisotopic (exact) mass is 375 g/mol. The average Bonchev–Trinajstić information content (AvgIpc) is 3.27. The first-order chi connectivity index (χ1) is 13.8. The standard InChI is InChI=1S/C23H25N3O2/c1-28-16-19-10-3-2-9-18(19)15-24-23(27)20-14-17-8-4-5-11-21(17)25-22(20)26-12-6-7-13-26/h2-5,8-11,14H,6-7,12-13,15-16H2,1H3,(H,24,27). The number of rotatable bonds is 6. The van der Waals surface area contributed by atoms with E-state index in [1.165, 1.54) is 0 Å². The molecule has 0 radical (unpaired) electrons. The maximum absolute atomic E-state index is 13.1. The number of carbonyl (C=O) groups is 1. The molecule has 5 nitrogen and oxygen atoms in total. The number of para-hydroxylation sites is 1. The second kappa shape index (κ2) is 8.40. The summed E-state index contributed by atoms with van der Waals surface area (Å²) in [5, 5.41) is 4.06. The van der Waals surface area contributed by atoms with Crippen molar-refractivity contribution in [3.05, 3.63) is 71.3 Å². The first kappa shape index (κ1) is 18.4. The van der Waals surface area contributed by atoms with Gasteiger partial charge in [-0.15, -0.1) is 0 Å². The summed E-state index contributed by atoms with van der Waals surface area (Å²) in [5.74, 6) is 0.700. The maximum Gasteiger partial charge on any atom is 0.255 e. The molecule has 0 bridgehead atoms. The SMILES string of the molecule is COCc1ccccc1CNC(=O)c1cc2ccccc2nc1N1CCCC1. The van der Waals surface area contributed by atoms with Crippen molar-refractivity contribution in [3.8, 4) is 0 Å². The number of hydrogen-bond donors (Lipinski definition) is 1. The van der Waals surface area contributed by atoms with E-state index in [-0.39, 0.29) is 5.91 Å². The van der Waals surface area contributed by atoms with Crippen molar-refractivity contribution in [1.29, 1.82) is 0 Å². The smallest absolute Gasteiger partial charge is 0.255 e. The summed E-state index contributed by atoms with van der Waals surface area (Å²) in [6, 6.07) is 17.9. The molecule has 1 fully saturated rings. The number of nitrogens with one attached hydrogen (secondary N) is 1. The molecule has 1 aromatic heterocycles. The van der Waals surface area contributed by atoms with E-state index < -0.39 is 0 Å². The molecule has 2 heterocycles. The number of fused-ring (bicyclic) bond motifs is 1. The van der Waals surface area contributed by atoms with Crippen molar-refractivity contribution < 1.29 is 9.53 Å². The van der Waals surface area contributed by atoms with Crippen LogP contribution in [0.3, 0.4) is 0 Å². The molecule has 0 spiro atoms. The van der Waals surface area contributed by atoms with Crippen molar-refractivity contribution >= 4 is 22.6 Å². The third-order valence-corrected chi connectivity index (χ3v) is 5.21. The average molecular weight is 375 g/mol. The molecule has 1 aliphatic rings. The van der Waals surface area contributed by atoms with Crippen LogP contribution in [0.5, 0.6) is 0 Å². The normalized spacial score (nSPS) is 13.8. The number of ether oxygens (including phenoxy) is 1. The van der Waals surface area contributed by atoms with Crippen molar-refractivity contribution in [3.63, 3.8) is 0 Å². The lowest BCUT2D eigenvalue weighted by molar-refractivity contribution is 0.0951. The molecule has 0 unspecified atom stereocenters. The number of hydrogen-bond acceptors (Lipinski definition) is 4. The Labute approximate surface area is 165 Å². The van der Waals surface area contributed by atoms with Crippen molar-refractivity contribution in [2.75, 3.05) is 25.1 Å². The number of anilines is 1. The number of methoxy groups -OCH3 is 1. The van der Waals surface area contributed by atoms with E-state index >= 15 is 0 Å². The Morgan fingerprint density at radius 2 is 1.79 bits per heavy atom. The summed E-state index contributed by atoms with van der Waals surface area (Å²) >= 11 is 0. The highest BCUT2D eigenvalue weighted by atomic mass is 16.5. The fraction of sp³-hybridized carbons (Fsp3) is 0.304. The molecule has 1 N–H and O–H groups in total. The van der Waals surface area contributed by atoms with Gasteiger partial charge in [0.05, 0.1) is 17.7 Å². The zero-order chi connectivity index (χ0) is 19.3. The topological polar surface area (TPSA) is 54.5 Å². The molecule has 4 rings (SSSR count). The number of benzene rings is 2. The predicted molar refractivity (Wildman–Crippen MR) is 112 cm³/mol. The second-order valence-electron chi connectivity index (χ2n) is 7.13. The van der Waals surface area contributed by atoms with E-state index in [9.17, 15) is 4.79 Å². The van der Waals surface area contributed by atoms with Gasteiger partial charge >= 0.3 is 0 Å². The lowest BCUT2D eigenvalue weighted by atomic mass is 10.1. The van der Waals surface area contributed by atoms with Crippen LogP contribution < -0.4 is 10.2 Å². The van der Waals surface area contributed by atoms with Crippen LogP contribution in [0, 0.1) is 0 Å². The van der Waals surface area contributed by atoms with Gasteiger partial charge in [-0.1, -0.05) is 42.5 Å². The van der Waals surface area contributed by atoms with Gasteiger partial charge < -0.3 is 15.0 Å². The van der Waals surface area contributed by atoms with E-state index in [1.54, 1.807) is 7.11 Å². The van der Waals surface area contributed by atoms with Gasteiger partial charge in [-0.2, -0.15) is 0 Å². The molecule has 1 aliphatic heterocycles. The molecule has 2 aromatic carbocycles. The number of nitrogens with zero attached hydrogens (tertiary/aromatic N) is 2. The summed E-state index contributed by atoms with van der Waals surface area (Å²) in [7, 11) is 1.68. The van der Waals surface area contributed by atoms with Crippen molar-refractivity contribution in [1.82, 2.24) is 10.3 Å². The Balaban J connectivity index is 1.62. The minimum absolute atomic E-state index is 0.0904. The Morgan fingerprint density at radius 1 is 1.07 bits per heavy atom. The van der Waals surface area contributed by atoms with Gasteiger partial charge in [-0.25, -0.2) is 4.98 Å². The number of aromatic nitrogens is 1. The molecule has 1 saturated heterocycles. The summed E-state index contributed by atoms with van der Waals surface area (Å²) in [5.41, 5.74) is 3.71. The zero-order valence-electron chi connectivity index (χ0n) is 16.1. The fourth-order valence-corrected chi connectivity index (χ4v) is 3.74. The van der Waals surface area contributed by atoms with Gasteiger partial charge in [-0.05, 0) is 36.1 Å². The fourth-order valence-electron chi connectivity index (χ4n) is 3.74. The van der Waals surface area contributed by atoms with Crippen molar-refractivity contribution in [2.24, 2.45) is 0 Å². The lowest BCUT2D eigenvalue weighted by Crippen LogP contribution is -2.28. The van der Waals surface area contributed by atoms with Gasteiger partial charge in [0.2, 0.25) is 0 Å². The molecular formula is C23H25N3O2. The summed E-state index contributed by atoms with van der Waals surface area (Å²) in [4.78, 5) is 20.1. The Bertz CT molecular complexity index is 980. The van der Waals surface area contributed by atoms with Crippen LogP contribution in [0.25, 0.3) is 10.9 Å². The molecule has 5 heteroatoms. The van der Waals surface area contributed by atoms with Crippen LogP contribution in [-0.2, 0) is 17.9 Å². The van der Waals surface area contributed by atoms with E-state index in [0.29, 0.717) is 18.7 Å². The minimum Gasteiger partial charge on any atom is -0.380 e. The van der Waals surface area contributed by atoms with Crippen LogP contribution in [0.15, 0.2) is 54.6 Å². The highest BCUT2D eigenvalue weighted by Crippen LogP contribution is 2.26. The maximum atomic E-state index is 13.1. The molecule has 1 amide bonds. The summed E-state index contributed by atoms with van der Waals surface area (Å²) < 4.78 is 5.27. The number of amides is 1. The minimum atomic E-state index is -0.0904. The molecule has 0 atom stereocenters. The van der Waals surface area contributed by atoms with E-state index in [2.05, 4.69) is 10.2 Å². The lowest BCUT2D eigenvalue weighted by Gasteiger charge is -2.20. The molecule has 28 heavy (non-hydrogen) atoms. The molecule has 144 valence electrons. The van der Waals surface area contributed by atoms with Gasteiger partial charge in [0.15, 0.2) is 0 Å². The van der Waals surface area contributed by atoms with Crippen molar-refractivity contribution in [2.45, 2.75) is 26.0 Å². The van der Waals surface area contributed by atoms with E-state index in [1.807, 2.05) is 54.6 Å². The predicted octanol–water partition coefficient (Wildman–Crippen LogP) is 3.91. The van der Waals surface area contributed by atoms with Crippen LogP contribution in [0.4, 0.5) is 5.82 Å². The number of pyridine rings is 1. The van der Waals surface area contributed by atoms with Gasteiger partial charge in [-0.3, -0.25) is 4.79 Å². The highest BCUT2D eigenvalue weighted by Gasteiger charge is 2.22. The van der Waals surface area contributed by atoms with Crippen LogP contribution in [0.2, 0.25) is 0 Å². The Morgan fingerprint density at radius 3 is 2.57 bits per heavy atom. The summed E-state index contributed by atoms with van der Waals surface area (Å²) in [6.07, 6.45) is 2.28. The third kappa shape index (κ3) is 3.85. The van der Waals surface area contributed by atoms with Gasteiger partial charge in [0.25, 0.3) is 5.91 Å². The summed E-state index contributed by atoms with van der Waals surface area (Å²) in [6.45, 7) is 2.89. The Hall–Kier alpha value is -2.92. The van der Waals surface area contributed by atoms with Crippen LogP contribution in [-0.4, -0.2) is 31.1 Å². The molecule has 0 saturated carbocycles. The highest BCUT2D eigenvalue weighted by molar-refractivity contribution is 6.02. The van der Waals surface area contributed by atoms with Crippen LogP contribution in [0.1, 0.15) is 34.3 Å². The Kier molecular flexibility index (Phi) is 5.53. The zero-order valence-corrected chi connectivity index (χ0v) is 16.1. The molecule has 3 aromatic rings. The second-order valence-corrected chi connectivity index (χ2v) is 7.13. The first-order valence-electron chi connectivity index (χ1n) is 9.75. The van der Waals surface area contributed by atoms with Gasteiger partial charge in [0.1, 0.15) is 5.82 Å². The largest absolute Gasteiger partial charge is 0.380 e. The number of carbonyl (C=O) groups excluding carboxylic acids is 1. The molecular weight excluding hydrogens is 350 g/mol. The van der Waals surface area contributed by atoms with E-state index in [4.69, 9.17) is 9.72 Å². The third-order valence-electron chi connectivity index (χ3n) is 5.21. The quantitative estimate of drug-likeness (QED) is 0.710. The van der Waals surface area contributed by atoms with Crippen LogP contribution >= 0.6 is 0 Å². The molecule has 0 aliphatic carbocycles. The van der Waals surface area contributed by atoms with E-state index in [0.717, 1.165) is 53.8 Å². The van der Waals surface area contributed by atoms with Gasteiger partial charge in [0, 0.05) is 32.1 Å². The first-order valence-corrected chi connectivity index (χ1v) is 9.75.